The van der Waals surface area contributed by atoms with Crippen molar-refractivity contribution in [3.05, 3.63) is 29.8 Å². The van der Waals surface area contributed by atoms with Crippen molar-refractivity contribution in [2.75, 3.05) is 19.8 Å². The first-order chi connectivity index (χ1) is 9.15. The monoisotopic (exact) mass is 266 g/mol. The Hall–Kier alpha value is -1.06. The Kier molecular flexibility index (Phi) is 7.53. The SMILES string of the molecule is CCC(O)c1ccccc1OCCOCCC(C)C. The van der Waals surface area contributed by atoms with Gasteiger partial charge in [-0.1, -0.05) is 39.0 Å². The summed E-state index contributed by atoms with van der Waals surface area (Å²) in [5.74, 6) is 1.42. The molecule has 3 heteroatoms. The summed E-state index contributed by atoms with van der Waals surface area (Å²) >= 11 is 0. The van der Waals surface area contributed by atoms with Crippen LogP contribution in [0, 0.1) is 5.92 Å². The topological polar surface area (TPSA) is 38.7 Å². The Morgan fingerprint density at radius 1 is 1.11 bits per heavy atom. The Morgan fingerprint density at radius 2 is 1.84 bits per heavy atom. The summed E-state index contributed by atoms with van der Waals surface area (Å²) in [4.78, 5) is 0. The molecular weight excluding hydrogens is 240 g/mol. The number of aliphatic hydroxyl groups is 1. The van der Waals surface area contributed by atoms with Crippen LogP contribution in [0.4, 0.5) is 0 Å². The fourth-order valence-electron chi connectivity index (χ4n) is 1.74. The highest BCUT2D eigenvalue weighted by molar-refractivity contribution is 5.34. The lowest BCUT2D eigenvalue weighted by Gasteiger charge is -2.15. The normalized spacial score (nSPS) is 12.7. The molecule has 1 rings (SSSR count). The molecule has 19 heavy (non-hydrogen) atoms. The van der Waals surface area contributed by atoms with E-state index in [0.717, 1.165) is 24.3 Å². The molecule has 108 valence electrons. The Labute approximate surface area is 116 Å². The van der Waals surface area contributed by atoms with Crippen LogP contribution < -0.4 is 4.74 Å². The first-order valence-corrected chi connectivity index (χ1v) is 7.12. The lowest BCUT2D eigenvalue weighted by Crippen LogP contribution is -2.10. The summed E-state index contributed by atoms with van der Waals surface area (Å²) in [7, 11) is 0. The first-order valence-electron chi connectivity index (χ1n) is 7.12. The number of hydrogen-bond acceptors (Lipinski definition) is 3. The average Bonchev–Trinajstić information content (AvgIpc) is 2.42. The van der Waals surface area contributed by atoms with Gasteiger partial charge in [-0.05, 0) is 24.8 Å². The quantitative estimate of drug-likeness (QED) is 0.694. The van der Waals surface area contributed by atoms with E-state index in [1.165, 1.54) is 0 Å². The van der Waals surface area contributed by atoms with E-state index in [1.54, 1.807) is 0 Å². The van der Waals surface area contributed by atoms with E-state index in [1.807, 2.05) is 31.2 Å². The van der Waals surface area contributed by atoms with E-state index in [9.17, 15) is 5.11 Å². The molecule has 0 bridgehead atoms. The van der Waals surface area contributed by atoms with Crippen LogP contribution in [0.25, 0.3) is 0 Å². The fourth-order valence-corrected chi connectivity index (χ4v) is 1.74. The molecule has 1 aromatic rings. The Morgan fingerprint density at radius 3 is 2.53 bits per heavy atom. The highest BCUT2D eigenvalue weighted by Gasteiger charge is 2.10. The molecule has 0 amide bonds. The summed E-state index contributed by atoms with van der Waals surface area (Å²) in [6.45, 7) is 8.20. The maximum atomic E-state index is 9.90. The van der Waals surface area contributed by atoms with Crippen LogP contribution >= 0.6 is 0 Å². The van der Waals surface area contributed by atoms with Crippen molar-refractivity contribution < 1.29 is 14.6 Å². The Balaban J connectivity index is 2.33. The van der Waals surface area contributed by atoms with E-state index >= 15 is 0 Å². The van der Waals surface area contributed by atoms with E-state index in [0.29, 0.717) is 25.6 Å². The standard InChI is InChI=1S/C16H26O3/c1-4-15(17)14-7-5-6-8-16(14)19-12-11-18-10-9-13(2)3/h5-8,13,15,17H,4,9-12H2,1-3H3. The molecule has 0 aromatic heterocycles. The Bertz CT molecular complexity index is 350. The molecule has 0 saturated carbocycles. The van der Waals surface area contributed by atoms with Crippen LogP contribution in [0.2, 0.25) is 0 Å². The zero-order valence-corrected chi connectivity index (χ0v) is 12.3. The summed E-state index contributed by atoms with van der Waals surface area (Å²) in [5.41, 5.74) is 0.854. The predicted octanol–water partition coefficient (Wildman–Crippen LogP) is 3.57. The molecule has 1 atom stereocenters. The first kappa shape index (κ1) is 16.0. The second kappa shape index (κ2) is 8.94. The van der Waals surface area contributed by atoms with Gasteiger partial charge < -0.3 is 14.6 Å². The molecule has 0 radical (unpaired) electrons. The zero-order chi connectivity index (χ0) is 14.1. The minimum absolute atomic E-state index is 0.460. The lowest BCUT2D eigenvalue weighted by molar-refractivity contribution is 0.0904. The van der Waals surface area contributed by atoms with Gasteiger partial charge in [0.15, 0.2) is 0 Å². The molecule has 0 aliphatic carbocycles. The van der Waals surface area contributed by atoms with Crippen LogP contribution in [0.5, 0.6) is 5.75 Å². The van der Waals surface area contributed by atoms with Gasteiger partial charge in [0.1, 0.15) is 12.4 Å². The van der Waals surface area contributed by atoms with Gasteiger partial charge in [0.25, 0.3) is 0 Å². The van der Waals surface area contributed by atoms with Crippen molar-refractivity contribution in [1.82, 2.24) is 0 Å². The summed E-state index contributed by atoms with van der Waals surface area (Å²) in [5, 5.41) is 9.90. The molecule has 3 nitrogen and oxygen atoms in total. The van der Waals surface area contributed by atoms with E-state index in [-0.39, 0.29) is 0 Å². The van der Waals surface area contributed by atoms with Gasteiger partial charge in [-0.2, -0.15) is 0 Å². The summed E-state index contributed by atoms with van der Waals surface area (Å²) in [6.07, 6.45) is 1.30. The molecular formula is C16H26O3. The highest BCUT2D eigenvalue weighted by atomic mass is 16.5. The maximum Gasteiger partial charge on any atom is 0.125 e. The molecule has 0 fully saturated rings. The highest BCUT2D eigenvalue weighted by Crippen LogP contribution is 2.26. The van der Waals surface area contributed by atoms with Gasteiger partial charge in [-0.3, -0.25) is 0 Å². The van der Waals surface area contributed by atoms with Crippen molar-refractivity contribution in [2.24, 2.45) is 5.92 Å². The second-order valence-electron chi connectivity index (χ2n) is 5.11. The van der Waals surface area contributed by atoms with Crippen molar-refractivity contribution in [3.63, 3.8) is 0 Å². The van der Waals surface area contributed by atoms with Gasteiger partial charge in [0, 0.05) is 12.2 Å². The van der Waals surface area contributed by atoms with Crippen LogP contribution in [-0.2, 0) is 4.74 Å². The lowest BCUT2D eigenvalue weighted by atomic mass is 10.1. The molecule has 0 heterocycles. The second-order valence-corrected chi connectivity index (χ2v) is 5.11. The van der Waals surface area contributed by atoms with Crippen LogP contribution in [-0.4, -0.2) is 24.9 Å². The van der Waals surface area contributed by atoms with E-state index in [2.05, 4.69) is 13.8 Å². The molecule has 1 unspecified atom stereocenters. The number of aliphatic hydroxyl groups excluding tert-OH is 1. The minimum Gasteiger partial charge on any atom is -0.491 e. The average molecular weight is 266 g/mol. The molecule has 0 aliphatic rings. The molecule has 1 N–H and O–H groups in total. The van der Waals surface area contributed by atoms with Gasteiger partial charge in [0.05, 0.1) is 12.7 Å². The van der Waals surface area contributed by atoms with Gasteiger partial charge in [-0.25, -0.2) is 0 Å². The van der Waals surface area contributed by atoms with Crippen LogP contribution in [0.15, 0.2) is 24.3 Å². The summed E-state index contributed by atoms with van der Waals surface area (Å²) < 4.78 is 11.2. The molecule has 1 aromatic carbocycles. The fraction of sp³-hybridized carbons (Fsp3) is 0.625. The third kappa shape index (κ3) is 6.08. The minimum atomic E-state index is -0.460. The van der Waals surface area contributed by atoms with Gasteiger partial charge >= 0.3 is 0 Å². The zero-order valence-electron chi connectivity index (χ0n) is 12.3. The largest absolute Gasteiger partial charge is 0.491 e. The van der Waals surface area contributed by atoms with Crippen molar-refractivity contribution in [2.45, 2.75) is 39.7 Å². The van der Waals surface area contributed by atoms with Gasteiger partial charge in [-0.15, -0.1) is 0 Å². The number of hydrogen-bond donors (Lipinski definition) is 1. The smallest absolute Gasteiger partial charge is 0.125 e. The number of para-hydroxylation sites is 1. The molecule has 0 saturated heterocycles. The number of ether oxygens (including phenoxy) is 2. The van der Waals surface area contributed by atoms with Crippen LogP contribution in [0.3, 0.4) is 0 Å². The van der Waals surface area contributed by atoms with Crippen molar-refractivity contribution in [3.8, 4) is 5.75 Å². The maximum absolute atomic E-state index is 9.90. The van der Waals surface area contributed by atoms with E-state index < -0.39 is 6.10 Å². The van der Waals surface area contributed by atoms with Crippen molar-refractivity contribution in [1.29, 1.82) is 0 Å². The predicted molar refractivity (Wildman–Crippen MR) is 77.5 cm³/mol. The van der Waals surface area contributed by atoms with E-state index in [4.69, 9.17) is 9.47 Å². The third-order valence-corrected chi connectivity index (χ3v) is 2.99. The number of rotatable bonds is 9. The van der Waals surface area contributed by atoms with Gasteiger partial charge in [0.2, 0.25) is 0 Å². The molecule has 0 aliphatic heterocycles. The van der Waals surface area contributed by atoms with Crippen molar-refractivity contribution >= 4 is 0 Å². The van der Waals surface area contributed by atoms with Crippen LogP contribution in [0.1, 0.15) is 45.3 Å². The third-order valence-electron chi connectivity index (χ3n) is 2.99. The summed E-state index contributed by atoms with van der Waals surface area (Å²) in [6, 6.07) is 7.63. The number of benzene rings is 1. The molecule has 0 spiro atoms.